The maximum atomic E-state index is 12.3. The van der Waals surface area contributed by atoms with E-state index in [9.17, 15) is 4.79 Å². The number of hydrogen-bond acceptors (Lipinski definition) is 6. The minimum absolute atomic E-state index is 0.0135. The molecule has 148 valence electrons. The first-order chi connectivity index (χ1) is 13.7. The zero-order valence-corrected chi connectivity index (χ0v) is 17.1. The Labute approximate surface area is 170 Å². The molecule has 28 heavy (non-hydrogen) atoms. The molecule has 1 saturated heterocycles. The largest absolute Gasteiger partial charge is 0.344 e. The molecule has 0 spiro atoms. The molecule has 0 N–H and O–H groups in total. The van der Waals surface area contributed by atoms with Gasteiger partial charge < -0.3 is 4.90 Å². The number of para-hydroxylation sites is 1. The van der Waals surface area contributed by atoms with Gasteiger partial charge in [-0.1, -0.05) is 36.4 Å². The van der Waals surface area contributed by atoms with Gasteiger partial charge in [-0.2, -0.15) is 5.26 Å². The third-order valence-corrected chi connectivity index (χ3v) is 5.75. The minimum atomic E-state index is -0.0135. The molecule has 7 nitrogen and oxygen atoms in total. The van der Waals surface area contributed by atoms with Crippen LogP contribution in [0.15, 0.2) is 35.5 Å². The highest BCUT2D eigenvalue weighted by molar-refractivity contribution is 7.99. The average molecular weight is 399 g/mol. The van der Waals surface area contributed by atoms with Gasteiger partial charge in [-0.3, -0.25) is 14.3 Å². The first kappa shape index (κ1) is 20.4. The number of nitriles is 1. The van der Waals surface area contributed by atoms with E-state index in [0.29, 0.717) is 13.0 Å². The Bertz CT molecular complexity index is 810. The third-order valence-electron chi connectivity index (χ3n) is 4.84. The zero-order chi connectivity index (χ0) is 19.8. The summed E-state index contributed by atoms with van der Waals surface area (Å²) in [7, 11) is 1.73. The normalized spacial score (nSPS) is 14.6. The fourth-order valence-corrected chi connectivity index (χ4v) is 4.14. The summed E-state index contributed by atoms with van der Waals surface area (Å²) in [5.74, 6) is 1.16. The maximum Gasteiger partial charge on any atom is 0.232 e. The highest BCUT2D eigenvalue weighted by atomic mass is 32.2. The maximum absolute atomic E-state index is 12.3. The van der Waals surface area contributed by atoms with Crippen LogP contribution in [0.25, 0.3) is 5.69 Å². The number of rotatable bonds is 8. The second-order valence-corrected chi connectivity index (χ2v) is 7.86. The van der Waals surface area contributed by atoms with Crippen molar-refractivity contribution in [2.45, 2.75) is 37.4 Å². The summed E-state index contributed by atoms with van der Waals surface area (Å²) in [4.78, 5) is 16.3. The van der Waals surface area contributed by atoms with Gasteiger partial charge in [0.05, 0.1) is 24.8 Å². The summed E-state index contributed by atoms with van der Waals surface area (Å²) in [6, 6.07) is 12.1. The highest BCUT2D eigenvalue weighted by Gasteiger charge is 2.20. The van der Waals surface area contributed by atoms with E-state index in [2.05, 4.69) is 25.7 Å². The number of nitrogens with zero attached hydrogens (tertiary/aromatic N) is 6. The van der Waals surface area contributed by atoms with Gasteiger partial charge in [-0.05, 0) is 38.1 Å². The predicted octanol–water partition coefficient (Wildman–Crippen LogP) is 2.72. The molecule has 1 amide bonds. The molecule has 0 aliphatic carbocycles. The average Bonchev–Trinajstić information content (AvgIpc) is 3.13. The van der Waals surface area contributed by atoms with Crippen molar-refractivity contribution in [1.29, 1.82) is 5.26 Å². The molecule has 0 radical (unpaired) electrons. The molecular formula is C20H26N6OS. The van der Waals surface area contributed by atoms with Crippen LogP contribution >= 0.6 is 11.8 Å². The lowest BCUT2D eigenvalue weighted by molar-refractivity contribution is -0.127. The van der Waals surface area contributed by atoms with Crippen LogP contribution < -0.4 is 0 Å². The summed E-state index contributed by atoms with van der Waals surface area (Å²) < 4.78 is 2.06. The number of benzene rings is 1. The van der Waals surface area contributed by atoms with Gasteiger partial charge in [0.25, 0.3) is 0 Å². The Morgan fingerprint density at radius 3 is 2.68 bits per heavy atom. The number of piperidine rings is 1. The molecule has 1 fully saturated rings. The van der Waals surface area contributed by atoms with Crippen molar-refractivity contribution in [1.82, 2.24) is 24.6 Å². The number of likely N-dealkylation sites (tertiary alicyclic amines) is 1. The monoisotopic (exact) mass is 398 g/mol. The standard InChI is InChI=1S/C20H26N6OS/c1-24(12-8-11-21)19(27)16-28-20-23-22-18(15-25-13-6-3-7-14-25)26(20)17-9-4-2-5-10-17/h2,4-5,9-10H,3,6-8,12-16H2,1H3. The van der Waals surface area contributed by atoms with Gasteiger partial charge in [-0.25, -0.2) is 0 Å². The zero-order valence-electron chi connectivity index (χ0n) is 16.3. The quantitative estimate of drug-likeness (QED) is 0.636. The number of hydrogen-bond donors (Lipinski definition) is 0. The molecular weight excluding hydrogens is 372 g/mol. The van der Waals surface area contributed by atoms with Crippen LogP contribution in [-0.4, -0.2) is 62.9 Å². The Hall–Kier alpha value is -2.37. The van der Waals surface area contributed by atoms with E-state index in [-0.39, 0.29) is 11.7 Å². The van der Waals surface area contributed by atoms with E-state index >= 15 is 0 Å². The van der Waals surface area contributed by atoms with Crippen LogP contribution in [0, 0.1) is 11.3 Å². The van der Waals surface area contributed by atoms with Crippen molar-refractivity contribution < 1.29 is 4.79 Å². The SMILES string of the molecule is CN(CCC#N)C(=O)CSc1nnc(CN2CCCCC2)n1-c1ccccc1. The summed E-state index contributed by atoms with van der Waals surface area (Å²) in [5.41, 5.74) is 1.01. The Morgan fingerprint density at radius 1 is 1.21 bits per heavy atom. The van der Waals surface area contributed by atoms with Gasteiger partial charge in [0.2, 0.25) is 5.91 Å². The summed E-state index contributed by atoms with van der Waals surface area (Å²) in [6.07, 6.45) is 4.09. The number of aromatic nitrogens is 3. The lowest BCUT2D eigenvalue weighted by atomic mass is 10.1. The van der Waals surface area contributed by atoms with Gasteiger partial charge >= 0.3 is 0 Å². The van der Waals surface area contributed by atoms with Crippen LogP contribution in [0.2, 0.25) is 0 Å². The van der Waals surface area contributed by atoms with Crippen LogP contribution in [0.1, 0.15) is 31.5 Å². The molecule has 1 aromatic carbocycles. The van der Waals surface area contributed by atoms with Crippen LogP contribution in [-0.2, 0) is 11.3 Å². The van der Waals surface area contributed by atoms with E-state index in [4.69, 9.17) is 5.26 Å². The number of thioether (sulfide) groups is 1. The van der Waals surface area contributed by atoms with Gasteiger partial charge in [0, 0.05) is 19.3 Å². The lowest BCUT2D eigenvalue weighted by Crippen LogP contribution is -2.30. The molecule has 0 unspecified atom stereocenters. The van der Waals surface area contributed by atoms with Gasteiger partial charge in [0.15, 0.2) is 11.0 Å². The van der Waals surface area contributed by atoms with E-state index in [1.54, 1.807) is 11.9 Å². The van der Waals surface area contributed by atoms with E-state index < -0.39 is 0 Å². The predicted molar refractivity (Wildman–Crippen MR) is 109 cm³/mol. The van der Waals surface area contributed by atoms with Crippen molar-refractivity contribution >= 4 is 17.7 Å². The van der Waals surface area contributed by atoms with Crippen molar-refractivity contribution in [2.75, 3.05) is 32.4 Å². The lowest BCUT2D eigenvalue weighted by Gasteiger charge is -2.26. The number of carbonyl (C=O) groups excluding carboxylic acids is 1. The van der Waals surface area contributed by atoms with Crippen LogP contribution in [0.3, 0.4) is 0 Å². The molecule has 1 aromatic heterocycles. The van der Waals surface area contributed by atoms with Gasteiger partial charge in [0.1, 0.15) is 0 Å². The second kappa shape index (κ2) is 10.2. The van der Waals surface area contributed by atoms with Crippen LogP contribution in [0.4, 0.5) is 0 Å². The molecule has 0 saturated carbocycles. The molecule has 2 heterocycles. The first-order valence-corrected chi connectivity index (χ1v) is 10.6. The number of carbonyl (C=O) groups is 1. The van der Waals surface area contributed by atoms with Crippen molar-refractivity contribution in [3.8, 4) is 11.8 Å². The molecule has 1 aliphatic heterocycles. The molecule has 0 atom stereocenters. The van der Waals surface area contributed by atoms with Crippen molar-refractivity contribution in [3.05, 3.63) is 36.2 Å². The fraction of sp³-hybridized carbons (Fsp3) is 0.500. The van der Waals surface area contributed by atoms with E-state index in [1.807, 2.05) is 30.3 Å². The topological polar surface area (TPSA) is 78.0 Å². The van der Waals surface area contributed by atoms with E-state index in [1.165, 1.54) is 31.0 Å². The fourth-order valence-electron chi connectivity index (χ4n) is 3.23. The molecule has 1 aliphatic rings. The third kappa shape index (κ3) is 5.33. The second-order valence-electron chi connectivity index (χ2n) is 6.92. The Morgan fingerprint density at radius 2 is 1.96 bits per heavy atom. The summed E-state index contributed by atoms with van der Waals surface area (Å²) in [6.45, 7) is 3.39. The molecule has 2 aromatic rings. The van der Waals surface area contributed by atoms with Crippen LogP contribution in [0.5, 0.6) is 0 Å². The Kier molecular flexibility index (Phi) is 7.46. The van der Waals surface area contributed by atoms with Crippen molar-refractivity contribution in [2.24, 2.45) is 0 Å². The molecule has 0 bridgehead atoms. The minimum Gasteiger partial charge on any atom is -0.344 e. The summed E-state index contributed by atoms with van der Waals surface area (Å²) in [5, 5.41) is 18.2. The summed E-state index contributed by atoms with van der Waals surface area (Å²) >= 11 is 1.39. The van der Waals surface area contributed by atoms with Gasteiger partial charge in [-0.15, -0.1) is 10.2 Å². The smallest absolute Gasteiger partial charge is 0.232 e. The van der Waals surface area contributed by atoms with Crippen molar-refractivity contribution in [3.63, 3.8) is 0 Å². The Balaban J connectivity index is 1.75. The number of amides is 1. The molecule has 3 rings (SSSR count). The van der Waals surface area contributed by atoms with E-state index in [0.717, 1.165) is 36.3 Å². The first-order valence-electron chi connectivity index (χ1n) is 9.65. The molecule has 8 heteroatoms. The highest BCUT2D eigenvalue weighted by Crippen LogP contribution is 2.24.